The van der Waals surface area contributed by atoms with Gasteiger partial charge in [0, 0.05) is 31.6 Å². The lowest BCUT2D eigenvalue weighted by molar-refractivity contribution is -0.116. The summed E-state index contributed by atoms with van der Waals surface area (Å²) in [6.07, 6.45) is 7.20. The molecule has 0 spiro atoms. The average molecular weight is 245 g/mol. The Morgan fingerprint density at radius 3 is 2.89 bits per heavy atom. The van der Waals surface area contributed by atoms with Crippen molar-refractivity contribution in [2.45, 2.75) is 13.0 Å². The maximum absolute atomic E-state index is 11.3. The number of carbonyl (C=O) groups excluding carboxylic acids is 1. The minimum atomic E-state index is -0.0963. The summed E-state index contributed by atoms with van der Waals surface area (Å²) in [7, 11) is 0. The fraction of sp³-hybridized carbons (Fsp3) is 0.250. The van der Waals surface area contributed by atoms with E-state index in [1.165, 1.54) is 0 Å². The zero-order chi connectivity index (χ0) is 12.8. The number of hydrogen-bond acceptors (Lipinski definition) is 4. The van der Waals surface area contributed by atoms with E-state index in [-0.39, 0.29) is 5.91 Å². The van der Waals surface area contributed by atoms with Crippen LogP contribution < -0.4 is 11.1 Å². The lowest BCUT2D eigenvalue weighted by Crippen LogP contribution is -2.15. The fourth-order valence-electron chi connectivity index (χ4n) is 1.54. The SMILES string of the molecule is NCCC(=O)Nc1cnn(Cc2ccncc2)c1. The number of nitrogens with one attached hydrogen (secondary N) is 1. The van der Waals surface area contributed by atoms with Gasteiger partial charge in [0.25, 0.3) is 0 Å². The second-order valence-corrected chi connectivity index (χ2v) is 3.87. The van der Waals surface area contributed by atoms with Crippen LogP contribution in [0, 0.1) is 0 Å². The Labute approximate surface area is 105 Å². The van der Waals surface area contributed by atoms with E-state index < -0.39 is 0 Å². The molecule has 6 heteroatoms. The van der Waals surface area contributed by atoms with Crippen molar-refractivity contribution < 1.29 is 4.79 Å². The molecule has 1 amide bonds. The Kier molecular flexibility index (Phi) is 4.03. The maximum atomic E-state index is 11.3. The number of aromatic nitrogens is 3. The Hall–Kier alpha value is -2.21. The lowest BCUT2D eigenvalue weighted by atomic mass is 10.3. The molecule has 18 heavy (non-hydrogen) atoms. The first kappa shape index (κ1) is 12.3. The quantitative estimate of drug-likeness (QED) is 0.808. The zero-order valence-electron chi connectivity index (χ0n) is 9.91. The summed E-state index contributed by atoms with van der Waals surface area (Å²) in [6.45, 7) is 0.992. The predicted octanol–water partition coefficient (Wildman–Crippen LogP) is 0.614. The zero-order valence-corrected chi connectivity index (χ0v) is 9.91. The lowest BCUT2D eigenvalue weighted by Gasteiger charge is -2.01. The Bertz CT molecular complexity index is 508. The minimum absolute atomic E-state index is 0.0963. The second kappa shape index (κ2) is 5.92. The van der Waals surface area contributed by atoms with Crippen LogP contribution in [-0.4, -0.2) is 27.2 Å². The minimum Gasteiger partial charge on any atom is -0.330 e. The van der Waals surface area contributed by atoms with Gasteiger partial charge in [0.15, 0.2) is 0 Å². The number of pyridine rings is 1. The van der Waals surface area contributed by atoms with Crippen molar-refractivity contribution in [3.05, 3.63) is 42.5 Å². The standard InChI is InChI=1S/C12H15N5O/c13-4-1-12(18)16-11-7-15-17(9-11)8-10-2-5-14-6-3-10/h2-3,5-7,9H,1,4,8,13H2,(H,16,18). The molecule has 2 aromatic heterocycles. The number of rotatable bonds is 5. The highest BCUT2D eigenvalue weighted by Crippen LogP contribution is 2.07. The van der Waals surface area contributed by atoms with Crippen LogP contribution in [0.2, 0.25) is 0 Å². The van der Waals surface area contributed by atoms with Gasteiger partial charge in [-0.3, -0.25) is 14.5 Å². The average Bonchev–Trinajstić information content (AvgIpc) is 2.78. The van der Waals surface area contributed by atoms with Crippen LogP contribution in [0.15, 0.2) is 36.9 Å². The van der Waals surface area contributed by atoms with Gasteiger partial charge >= 0.3 is 0 Å². The number of hydrogen-bond donors (Lipinski definition) is 2. The molecular weight excluding hydrogens is 230 g/mol. The van der Waals surface area contributed by atoms with Crippen LogP contribution in [0.25, 0.3) is 0 Å². The summed E-state index contributed by atoms with van der Waals surface area (Å²) in [5.41, 5.74) is 7.09. The third-order valence-corrected chi connectivity index (χ3v) is 2.38. The molecule has 0 saturated carbocycles. The third kappa shape index (κ3) is 3.39. The van der Waals surface area contributed by atoms with Crippen molar-refractivity contribution in [3.8, 4) is 0 Å². The van der Waals surface area contributed by atoms with Gasteiger partial charge in [0.05, 0.1) is 18.4 Å². The molecule has 0 fully saturated rings. The first-order chi connectivity index (χ1) is 8.78. The molecule has 2 heterocycles. The van der Waals surface area contributed by atoms with Gasteiger partial charge in [0.1, 0.15) is 0 Å². The van der Waals surface area contributed by atoms with Gasteiger partial charge in [-0.15, -0.1) is 0 Å². The molecule has 0 radical (unpaired) electrons. The van der Waals surface area contributed by atoms with E-state index in [1.807, 2.05) is 12.1 Å². The molecule has 94 valence electrons. The summed E-state index contributed by atoms with van der Waals surface area (Å²) in [5, 5.41) is 6.91. The number of carbonyl (C=O) groups is 1. The molecule has 0 aliphatic heterocycles. The molecule has 0 saturated heterocycles. The maximum Gasteiger partial charge on any atom is 0.225 e. The molecule has 3 N–H and O–H groups in total. The van der Waals surface area contributed by atoms with Crippen molar-refractivity contribution in [3.63, 3.8) is 0 Å². The van der Waals surface area contributed by atoms with Gasteiger partial charge in [-0.1, -0.05) is 0 Å². The van der Waals surface area contributed by atoms with E-state index in [9.17, 15) is 4.79 Å². The van der Waals surface area contributed by atoms with Crippen molar-refractivity contribution in [1.29, 1.82) is 0 Å². The van der Waals surface area contributed by atoms with Crippen LogP contribution in [0.3, 0.4) is 0 Å². The van der Waals surface area contributed by atoms with Crippen molar-refractivity contribution >= 4 is 11.6 Å². The summed E-state index contributed by atoms with van der Waals surface area (Å²) >= 11 is 0. The van der Waals surface area contributed by atoms with E-state index >= 15 is 0 Å². The summed E-state index contributed by atoms with van der Waals surface area (Å²) in [6, 6.07) is 3.85. The monoisotopic (exact) mass is 245 g/mol. The van der Waals surface area contributed by atoms with Gasteiger partial charge < -0.3 is 11.1 Å². The molecule has 0 atom stereocenters. The van der Waals surface area contributed by atoms with Gasteiger partial charge in [-0.05, 0) is 17.7 Å². The van der Waals surface area contributed by atoms with Gasteiger partial charge in [-0.25, -0.2) is 0 Å². The molecule has 0 aliphatic carbocycles. The fourth-order valence-corrected chi connectivity index (χ4v) is 1.54. The summed E-state index contributed by atoms with van der Waals surface area (Å²) in [4.78, 5) is 15.3. The number of amides is 1. The highest BCUT2D eigenvalue weighted by molar-refractivity contribution is 5.90. The number of nitrogens with two attached hydrogens (primary N) is 1. The van der Waals surface area contributed by atoms with E-state index in [2.05, 4.69) is 15.4 Å². The van der Waals surface area contributed by atoms with Gasteiger partial charge in [-0.2, -0.15) is 5.10 Å². The molecule has 0 bridgehead atoms. The van der Waals surface area contributed by atoms with Crippen molar-refractivity contribution in [2.24, 2.45) is 5.73 Å². The largest absolute Gasteiger partial charge is 0.330 e. The van der Waals surface area contributed by atoms with Crippen LogP contribution in [0.5, 0.6) is 0 Å². The molecule has 0 aliphatic rings. The van der Waals surface area contributed by atoms with Crippen LogP contribution >= 0.6 is 0 Å². The molecule has 0 aromatic carbocycles. The van der Waals surface area contributed by atoms with Crippen LogP contribution in [-0.2, 0) is 11.3 Å². The predicted molar refractivity (Wildman–Crippen MR) is 67.9 cm³/mol. The first-order valence-corrected chi connectivity index (χ1v) is 5.69. The van der Waals surface area contributed by atoms with E-state index in [1.54, 1.807) is 29.5 Å². The Morgan fingerprint density at radius 1 is 1.39 bits per heavy atom. The van der Waals surface area contributed by atoms with E-state index in [0.29, 0.717) is 25.2 Å². The highest BCUT2D eigenvalue weighted by Gasteiger charge is 2.03. The molecular formula is C12H15N5O. The van der Waals surface area contributed by atoms with E-state index in [0.717, 1.165) is 5.56 Å². The van der Waals surface area contributed by atoms with Gasteiger partial charge in [0.2, 0.25) is 5.91 Å². The summed E-state index contributed by atoms with van der Waals surface area (Å²) < 4.78 is 1.76. The molecule has 0 unspecified atom stereocenters. The topological polar surface area (TPSA) is 85.8 Å². The molecule has 2 rings (SSSR count). The highest BCUT2D eigenvalue weighted by atomic mass is 16.1. The molecule has 2 aromatic rings. The normalized spacial score (nSPS) is 10.3. The Balaban J connectivity index is 1.96. The first-order valence-electron chi connectivity index (χ1n) is 5.69. The number of nitrogens with zero attached hydrogens (tertiary/aromatic N) is 3. The van der Waals surface area contributed by atoms with Crippen LogP contribution in [0.1, 0.15) is 12.0 Å². The number of anilines is 1. The van der Waals surface area contributed by atoms with Crippen molar-refractivity contribution in [1.82, 2.24) is 14.8 Å². The van der Waals surface area contributed by atoms with E-state index in [4.69, 9.17) is 5.73 Å². The third-order valence-electron chi connectivity index (χ3n) is 2.38. The molecule has 6 nitrogen and oxygen atoms in total. The van der Waals surface area contributed by atoms with Crippen molar-refractivity contribution in [2.75, 3.05) is 11.9 Å². The second-order valence-electron chi connectivity index (χ2n) is 3.87. The van der Waals surface area contributed by atoms with Crippen LogP contribution in [0.4, 0.5) is 5.69 Å². The smallest absolute Gasteiger partial charge is 0.225 e. The summed E-state index contributed by atoms with van der Waals surface area (Å²) in [5.74, 6) is -0.0963. The Morgan fingerprint density at radius 2 is 2.17 bits per heavy atom.